The first kappa shape index (κ1) is 17.9. The number of nitrogens with zero attached hydrogens (tertiary/aromatic N) is 2. The van der Waals surface area contributed by atoms with Gasteiger partial charge in [-0.3, -0.25) is 9.59 Å². The number of aromatic nitrogens is 1. The second-order valence-electron chi connectivity index (χ2n) is 6.48. The summed E-state index contributed by atoms with van der Waals surface area (Å²) in [6.07, 6.45) is 0.295. The molecule has 1 N–H and O–H groups in total. The van der Waals surface area contributed by atoms with Crippen LogP contribution in [0.25, 0.3) is 0 Å². The lowest BCUT2D eigenvalue weighted by atomic mass is 10.2. The van der Waals surface area contributed by atoms with Gasteiger partial charge in [0.25, 0.3) is 5.91 Å². The van der Waals surface area contributed by atoms with Gasteiger partial charge in [-0.05, 0) is 31.2 Å². The van der Waals surface area contributed by atoms with Crippen LogP contribution in [0.1, 0.15) is 46.6 Å². The molecule has 3 rings (SSSR count). The molecule has 1 aliphatic rings. The smallest absolute Gasteiger partial charge is 0.263 e. The molecule has 1 aliphatic heterocycles. The summed E-state index contributed by atoms with van der Waals surface area (Å²) >= 11 is 7.32. The summed E-state index contributed by atoms with van der Waals surface area (Å²) < 4.78 is 0. The summed E-state index contributed by atoms with van der Waals surface area (Å²) in [5, 5.41) is 4.55. The highest BCUT2D eigenvalue weighted by molar-refractivity contribution is 7.13. The fourth-order valence-corrected chi connectivity index (χ4v) is 3.90. The predicted molar refractivity (Wildman–Crippen MR) is 101 cm³/mol. The standard InChI is InChI=1S/C18H20ClN3O2S/c1-10(2)18-20-11(3)16(25-18)17(24)21-13-8-15(23)22(9-13)14-6-4-12(19)5-7-14/h4-7,10,13H,8-9H2,1-3H3,(H,21,24)/t13-/m1/s1. The normalized spacial score (nSPS) is 17.4. The molecule has 25 heavy (non-hydrogen) atoms. The van der Waals surface area contributed by atoms with E-state index in [1.807, 2.05) is 19.1 Å². The van der Waals surface area contributed by atoms with Crippen LogP contribution >= 0.6 is 22.9 Å². The van der Waals surface area contributed by atoms with E-state index in [1.165, 1.54) is 11.3 Å². The minimum absolute atomic E-state index is 0.00322. The van der Waals surface area contributed by atoms with Gasteiger partial charge in [0.15, 0.2) is 0 Å². The maximum atomic E-state index is 12.6. The van der Waals surface area contributed by atoms with E-state index in [2.05, 4.69) is 24.1 Å². The number of halogens is 1. The van der Waals surface area contributed by atoms with Crippen LogP contribution in [0.5, 0.6) is 0 Å². The Bertz CT molecular complexity index is 801. The van der Waals surface area contributed by atoms with Gasteiger partial charge in [-0.25, -0.2) is 4.98 Å². The van der Waals surface area contributed by atoms with Crippen molar-refractivity contribution in [2.45, 2.75) is 39.2 Å². The highest BCUT2D eigenvalue weighted by atomic mass is 35.5. The lowest BCUT2D eigenvalue weighted by molar-refractivity contribution is -0.117. The molecular weight excluding hydrogens is 358 g/mol. The Labute approximate surface area is 156 Å². The van der Waals surface area contributed by atoms with Crippen LogP contribution in [0.2, 0.25) is 5.02 Å². The Morgan fingerprint density at radius 1 is 1.36 bits per heavy atom. The molecular formula is C18H20ClN3O2S. The number of nitrogens with one attached hydrogen (secondary N) is 1. The number of carbonyl (C=O) groups is 2. The van der Waals surface area contributed by atoms with Gasteiger partial charge in [0, 0.05) is 29.6 Å². The van der Waals surface area contributed by atoms with Crippen molar-refractivity contribution in [3.63, 3.8) is 0 Å². The lowest BCUT2D eigenvalue weighted by Crippen LogP contribution is -2.37. The molecule has 132 valence electrons. The van der Waals surface area contributed by atoms with Crippen molar-refractivity contribution in [2.24, 2.45) is 0 Å². The van der Waals surface area contributed by atoms with Gasteiger partial charge in [-0.2, -0.15) is 0 Å². The minimum atomic E-state index is -0.209. The predicted octanol–water partition coefficient (Wildman–Crippen LogP) is 3.76. The number of thiazole rings is 1. The van der Waals surface area contributed by atoms with Crippen molar-refractivity contribution in [3.8, 4) is 0 Å². The van der Waals surface area contributed by atoms with Crippen molar-refractivity contribution >= 4 is 40.4 Å². The van der Waals surface area contributed by atoms with E-state index in [4.69, 9.17) is 11.6 Å². The third kappa shape index (κ3) is 3.85. The molecule has 1 saturated heterocycles. The average molecular weight is 378 g/mol. The third-order valence-corrected chi connectivity index (χ3v) is 5.82. The third-order valence-electron chi connectivity index (χ3n) is 4.11. The largest absolute Gasteiger partial charge is 0.346 e. The zero-order valence-corrected chi connectivity index (χ0v) is 15.9. The molecule has 2 amide bonds. The lowest BCUT2D eigenvalue weighted by Gasteiger charge is -2.17. The van der Waals surface area contributed by atoms with Crippen molar-refractivity contribution in [1.29, 1.82) is 0 Å². The highest BCUT2D eigenvalue weighted by Crippen LogP contribution is 2.26. The molecule has 0 aliphatic carbocycles. The van der Waals surface area contributed by atoms with E-state index in [0.29, 0.717) is 28.8 Å². The van der Waals surface area contributed by atoms with Gasteiger partial charge in [-0.15, -0.1) is 11.3 Å². The summed E-state index contributed by atoms with van der Waals surface area (Å²) in [7, 11) is 0. The van der Waals surface area contributed by atoms with Crippen molar-refractivity contribution in [1.82, 2.24) is 10.3 Å². The van der Waals surface area contributed by atoms with Crippen LogP contribution in [0.15, 0.2) is 24.3 Å². The Kier molecular flexibility index (Phi) is 5.11. The van der Waals surface area contributed by atoms with E-state index in [-0.39, 0.29) is 17.9 Å². The number of benzene rings is 1. The fraction of sp³-hybridized carbons (Fsp3) is 0.389. The van der Waals surface area contributed by atoms with E-state index >= 15 is 0 Å². The monoisotopic (exact) mass is 377 g/mol. The van der Waals surface area contributed by atoms with Crippen molar-refractivity contribution in [3.05, 3.63) is 44.9 Å². The van der Waals surface area contributed by atoms with Gasteiger partial charge < -0.3 is 10.2 Å². The Morgan fingerprint density at radius 2 is 2.04 bits per heavy atom. The number of rotatable bonds is 4. The summed E-state index contributed by atoms with van der Waals surface area (Å²) in [6, 6.07) is 6.92. The minimum Gasteiger partial charge on any atom is -0.346 e. The molecule has 0 radical (unpaired) electrons. The van der Waals surface area contributed by atoms with Crippen LogP contribution < -0.4 is 10.2 Å². The first-order valence-electron chi connectivity index (χ1n) is 8.19. The van der Waals surface area contributed by atoms with E-state index in [1.54, 1.807) is 17.0 Å². The summed E-state index contributed by atoms with van der Waals surface area (Å²) in [6.45, 7) is 6.41. The highest BCUT2D eigenvalue weighted by Gasteiger charge is 2.32. The first-order valence-corrected chi connectivity index (χ1v) is 9.38. The van der Waals surface area contributed by atoms with Gasteiger partial charge in [0.2, 0.25) is 5.91 Å². The number of hydrogen-bond donors (Lipinski definition) is 1. The fourth-order valence-electron chi connectivity index (χ4n) is 2.80. The number of aryl methyl sites for hydroxylation is 1. The topological polar surface area (TPSA) is 62.3 Å². The molecule has 0 spiro atoms. The summed E-state index contributed by atoms with van der Waals surface area (Å²) in [4.78, 5) is 31.6. The van der Waals surface area contributed by atoms with E-state index in [0.717, 1.165) is 16.4 Å². The average Bonchev–Trinajstić information content (AvgIpc) is 3.11. The molecule has 0 saturated carbocycles. The van der Waals surface area contributed by atoms with Gasteiger partial charge in [0.05, 0.1) is 16.7 Å². The number of hydrogen-bond acceptors (Lipinski definition) is 4. The number of amides is 2. The second-order valence-corrected chi connectivity index (χ2v) is 7.94. The quantitative estimate of drug-likeness (QED) is 0.882. The molecule has 2 aromatic rings. The number of carbonyl (C=O) groups excluding carboxylic acids is 2. The van der Waals surface area contributed by atoms with Gasteiger partial charge >= 0.3 is 0 Å². The summed E-state index contributed by atoms with van der Waals surface area (Å²) in [5.41, 5.74) is 1.53. The van der Waals surface area contributed by atoms with Crippen LogP contribution in [0.4, 0.5) is 5.69 Å². The van der Waals surface area contributed by atoms with Crippen LogP contribution in [-0.2, 0) is 4.79 Å². The Hall–Kier alpha value is -1.92. The number of anilines is 1. The molecule has 1 aromatic carbocycles. The Morgan fingerprint density at radius 3 is 2.64 bits per heavy atom. The Balaban J connectivity index is 1.69. The van der Waals surface area contributed by atoms with Crippen LogP contribution in [0.3, 0.4) is 0 Å². The maximum absolute atomic E-state index is 12.6. The van der Waals surface area contributed by atoms with E-state index < -0.39 is 0 Å². The summed E-state index contributed by atoms with van der Waals surface area (Å²) in [5.74, 6) is 0.132. The van der Waals surface area contributed by atoms with Gasteiger partial charge in [-0.1, -0.05) is 25.4 Å². The molecule has 1 aromatic heterocycles. The second kappa shape index (κ2) is 7.14. The van der Waals surface area contributed by atoms with Crippen LogP contribution in [0, 0.1) is 6.92 Å². The zero-order valence-electron chi connectivity index (χ0n) is 14.4. The molecule has 2 heterocycles. The molecule has 1 atom stereocenters. The SMILES string of the molecule is Cc1nc(C(C)C)sc1C(=O)N[C@@H]1CC(=O)N(c2ccc(Cl)cc2)C1. The molecule has 1 fully saturated rings. The molecule has 0 bridgehead atoms. The zero-order chi connectivity index (χ0) is 18.1. The van der Waals surface area contributed by atoms with Gasteiger partial charge in [0.1, 0.15) is 4.88 Å². The van der Waals surface area contributed by atoms with Crippen molar-refractivity contribution < 1.29 is 9.59 Å². The van der Waals surface area contributed by atoms with E-state index in [9.17, 15) is 9.59 Å². The van der Waals surface area contributed by atoms with Crippen LogP contribution in [-0.4, -0.2) is 29.4 Å². The molecule has 0 unspecified atom stereocenters. The maximum Gasteiger partial charge on any atom is 0.263 e. The first-order chi connectivity index (χ1) is 11.8. The molecule has 5 nitrogen and oxygen atoms in total. The molecule has 7 heteroatoms. The van der Waals surface area contributed by atoms with Crippen molar-refractivity contribution in [2.75, 3.05) is 11.4 Å².